The van der Waals surface area contributed by atoms with E-state index in [0.717, 1.165) is 18.0 Å². The third-order valence-electron chi connectivity index (χ3n) is 4.46. The third-order valence-corrected chi connectivity index (χ3v) is 14.1. The zero-order chi connectivity index (χ0) is 26.4. The van der Waals surface area contributed by atoms with Gasteiger partial charge in [-0.3, -0.25) is 0 Å². The first kappa shape index (κ1) is 30.4. The molecule has 0 heterocycles. The highest BCUT2D eigenvalue weighted by Gasteiger charge is 2.39. The number of nitrogens with one attached hydrogen (secondary N) is 4. The van der Waals surface area contributed by atoms with Crippen molar-refractivity contribution < 1.29 is 17.8 Å². The molecule has 1 aromatic carbocycles. The third kappa shape index (κ3) is 12.7. The molecule has 0 radical (unpaired) electrons. The van der Waals surface area contributed by atoms with Crippen LogP contribution in [0.2, 0.25) is 51.9 Å². The number of anilines is 2. The Kier molecular flexibility index (Phi) is 10.6. The minimum Gasteiger partial charge on any atom is -0.437 e. The molecule has 0 atom stereocenters. The summed E-state index contributed by atoms with van der Waals surface area (Å²) in [5.74, 6) is 0. The predicted octanol–water partition coefficient (Wildman–Crippen LogP) is 6.20. The maximum absolute atomic E-state index is 12.5. The zero-order valence-corrected chi connectivity index (χ0v) is 26.0. The molecular formula is C23H46N4O4Si3. The molecule has 0 aliphatic carbocycles. The van der Waals surface area contributed by atoms with Crippen LogP contribution < -0.4 is 21.3 Å². The highest BCUT2D eigenvalue weighted by Crippen LogP contribution is 2.26. The van der Waals surface area contributed by atoms with Gasteiger partial charge in [-0.05, 0) is 104 Å². The molecule has 4 amide bonds. The van der Waals surface area contributed by atoms with Gasteiger partial charge in [0, 0.05) is 23.5 Å². The Balaban J connectivity index is 2.66. The van der Waals surface area contributed by atoms with Crippen molar-refractivity contribution in [2.45, 2.75) is 91.5 Å². The standard InChI is InChI=1S/C23H46N4O4Si3/c1-18-19(14-12-15-20(18)26-22(29)27-23(2,3)4)25-21(28)24-16-13-17-34(11,30-32(5,6)7)31-33(8,9)10/h12,14-15H,13,16-17H2,1-11H3,(H2,24,25,28)(H2,26,27,29). The average molecular weight is 527 g/mol. The molecule has 1 aromatic rings. The van der Waals surface area contributed by atoms with Gasteiger partial charge in [0.1, 0.15) is 0 Å². The summed E-state index contributed by atoms with van der Waals surface area (Å²) in [7, 11) is -5.79. The molecule has 0 bridgehead atoms. The average Bonchev–Trinajstić information content (AvgIpc) is 2.57. The van der Waals surface area contributed by atoms with Gasteiger partial charge >= 0.3 is 20.6 Å². The fourth-order valence-corrected chi connectivity index (χ4v) is 16.1. The fourth-order valence-electron chi connectivity index (χ4n) is 3.60. The number of hydrogen-bond acceptors (Lipinski definition) is 4. The number of carbonyl (C=O) groups excluding carboxylic acids is 2. The SMILES string of the molecule is Cc1c(NC(=O)NCCC[Si](C)(O[Si](C)(C)C)O[Si](C)(C)C)cccc1NC(=O)NC(C)(C)C. The monoisotopic (exact) mass is 526 g/mol. The molecule has 1 rings (SSSR count). The van der Waals surface area contributed by atoms with Crippen LogP contribution in [-0.2, 0) is 8.23 Å². The molecule has 0 fully saturated rings. The molecule has 4 N–H and O–H groups in total. The second kappa shape index (κ2) is 11.8. The van der Waals surface area contributed by atoms with E-state index in [1.807, 2.05) is 39.8 Å². The Hall–Kier alpha value is -1.67. The summed E-state index contributed by atoms with van der Waals surface area (Å²) in [6.45, 7) is 23.4. The van der Waals surface area contributed by atoms with Crippen LogP contribution >= 0.6 is 0 Å². The minimum absolute atomic E-state index is 0.278. The lowest BCUT2D eigenvalue weighted by molar-refractivity contribution is 0.243. The van der Waals surface area contributed by atoms with Crippen molar-refractivity contribution in [1.82, 2.24) is 10.6 Å². The van der Waals surface area contributed by atoms with Gasteiger partial charge in [0.05, 0.1) is 0 Å². The number of urea groups is 2. The molecular weight excluding hydrogens is 481 g/mol. The lowest BCUT2D eigenvalue weighted by atomic mass is 10.1. The summed E-state index contributed by atoms with van der Waals surface area (Å²) in [4.78, 5) is 24.7. The Morgan fingerprint density at radius 1 is 0.853 bits per heavy atom. The molecule has 11 heteroatoms. The van der Waals surface area contributed by atoms with Crippen molar-refractivity contribution in [3.8, 4) is 0 Å². The number of hydrogen-bond donors (Lipinski definition) is 4. The van der Waals surface area contributed by atoms with Crippen LogP contribution in [0.4, 0.5) is 21.0 Å². The van der Waals surface area contributed by atoms with E-state index < -0.39 is 25.2 Å². The molecule has 0 aromatic heterocycles. The molecule has 0 saturated heterocycles. The quantitative estimate of drug-likeness (QED) is 0.215. The van der Waals surface area contributed by atoms with Gasteiger partial charge in [-0.25, -0.2) is 9.59 Å². The number of carbonyl (C=O) groups is 2. The van der Waals surface area contributed by atoms with E-state index in [1.54, 1.807) is 6.07 Å². The molecule has 0 aliphatic rings. The van der Waals surface area contributed by atoms with Gasteiger partial charge in [-0.2, -0.15) is 0 Å². The van der Waals surface area contributed by atoms with E-state index in [9.17, 15) is 9.59 Å². The maximum Gasteiger partial charge on any atom is 0.319 e. The van der Waals surface area contributed by atoms with Crippen molar-refractivity contribution in [3.63, 3.8) is 0 Å². The molecule has 0 spiro atoms. The van der Waals surface area contributed by atoms with E-state index in [0.29, 0.717) is 17.9 Å². The predicted molar refractivity (Wildman–Crippen MR) is 150 cm³/mol. The molecule has 0 unspecified atom stereocenters. The van der Waals surface area contributed by atoms with Crippen LogP contribution in [0.1, 0.15) is 32.8 Å². The first-order valence-corrected chi connectivity index (χ1v) is 21.3. The lowest BCUT2D eigenvalue weighted by Crippen LogP contribution is -2.52. The van der Waals surface area contributed by atoms with Gasteiger partial charge < -0.3 is 29.5 Å². The second-order valence-electron chi connectivity index (χ2n) is 11.9. The van der Waals surface area contributed by atoms with Crippen molar-refractivity contribution >= 4 is 48.6 Å². The molecule has 0 saturated carbocycles. The van der Waals surface area contributed by atoms with E-state index in [1.165, 1.54) is 0 Å². The van der Waals surface area contributed by atoms with Crippen molar-refractivity contribution in [2.75, 3.05) is 17.2 Å². The van der Waals surface area contributed by atoms with Gasteiger partial charge in [0.25, 0.3) is 0 Å². The van der Waals surface area contributed by atoms with Crippen molar-refractivity contribution in [3.05, 3.63) is 23.8 Å². The number of amides is 4. The lowest BCUT2D eigenvalue weighted by Gasteiger charge is -2.38. The summed E-state index contributed by atoms with van der Waals surface area (Å²) >= 11 is 0. The Morgan fingerprint density at radius 2 is 1.32 bits per heavy atom. The summed E-state index contributed by atoms with van der Waals surface area (Å²) in [5.41, 5.74) is 1.74. The smallest absolute Gasteiger partial charge is 0.319 e. The van der Waals surface area contributed by atoms with Gasteiger partial charge in [0.15, 0.2) is 16.6 Å². The Morgan fingerprint density at radius 3 is 1.76 bits per heavy atom. The Bertz CT molecular complexity index is 830. The largest absolute Gasteiger partial charge is 0.437 e. The molecule has 0 aliphatic heterocycles. The van der Waals surface area contributed by atoms with Crippen molar-refractivity contribution in [1.29, 1.82) is 0 Å². The second-order valence-corrected chi connectivity index (χ2v) is 24.7. The van der Waals surface area contributed by atoms with Crippen LogP contribution in [0.3, 0.4) is 0 Å². The van der Waals surface area contributed by atoms with Crippen LogP contribution in [0.5, 0.6) is 0 Å². The first-order chi connectivity index (χ1) is 15.3. The molecule has 34 heavy (non-hydrogen) atoms. The van der Waals surface area contributed by atoms with E-state index >= 15 is 0 Å². The van der Waals surface area contributed by atoms with Crippen molar-refractivity contribution in [2.24, 2.45) is 0 Å². The Labute approximate surface area is 209 Å². The van der Waals surface area contributed by atoms with Gasteiger partial charge in [0.2, 0.25) is 0 Å². The minimum atomic E-state index is -2.31. The van der Waals surface area contributed by atoms with Gasteiger partial charge in [-0.15, -0.1) is 0 Å². The number of rotatable bonds is 10. The molecule has 8 nitrogen and oxygen atoms in total. The zero-order valence-electron chi connectivity index (χ0n) is 23.0. The van der Waals surface area contributed by atoms with E-state index in [2.05, 4.69) is 67.1 Å². The first-order valence-electron chi connectivity index (χ1n) is 11.9. The van der Waals surface area contributed by atoms with E-state index in [4.69, 9.17) is 8.23 Å². The van der Waals surface area contributed by atoms with Crippen LogP contribution in [0.15, 0.2) is 18.2 Å². The van der Waals surface area contributed by atoms with Gasteiger partial charge in [-0.1, -0.05) is 6.07 Å². The van der Waals surface area contributed by atoms with Crippen LogP contribution in [0, 0.1) is 6.92 Å². The summed E-state index contributed by atoms with van der Waals surface area (Å²) in [6.07, 6.45) is 0.790. The van der Waals surface area contributed by atoms with Crippen LogP contribution in [0.25, 0.3) is 0 Å². The highest BCUT2D eigenvalue weighted by molar-refractivity contribution is 6.87. The summed E-state index contributed by atoms with van der Waals surface area (Å²) < 4.78 is 13.0. The molecule has 194 valence electrons. The fraction of sp³-hybridized carbons (Fsp3) is 0.652. The highest BCUT2D eigenvalue weighted by atomic mass is 28.5. The summed E-state index contributed by atoms with van der Waals surface area (Å²) in [5, 5.41) is 11.5. The van der Waals surface area contributed by atoms with Crippen LogP contribution in [-0.4, -0.2) is 49.3 Å². The normalized spacial score (nSPS) is 12.8. The topological polar surface area (TPSA) is 101 Å². The maximum atomic E-state index is 12.5. The van der Waals surface area contributed by atoms with E-state index in [-0.39, 0.29) is 17.6 Å². The number of benzene rings is 1. The summed E-state index contributed by atoms with van der Waals surface area (Å²) in [6, 6.07) is 5.70.